The zero-order valence-electron chi connectivity index (χ0n) is 13.2. The highest BCUT2D eigenvalue weighted by Crippen LogP contribution is 2.30. The van der Waals surface area contributed by atoms with Crippen LogP contribution in [0.15, 0.2) is 48.8 Å². The molecule has 1 aliphatic rings. The van der Waals surface area contributed by atoms with Gasteiger partial charge in [-0.2, -0.15) is 0 Å². The van der Waals surface area contributed by atoms with Gasteiger partial charge in [0.05, 0.1) is 0 Å². The van der Waals surface area contributed by atoms with Crippen molar-refractivity contribution in [2.45, 2.75) is 26.3 Å². The standard InChI is InChI=1S/C19H24N2O/c1-19(15-22)8-3-11-21(14-19)13-16-4-2-5-18(12-16)17-6-9-20-10-7-17/h2,4-7,9-10,12,22H,3,8,11,13-15H2,1H3. The Morgan fingerprint density at radius 1 is 1.18 bits per heavy atom. The third-order valence-electron chi connectivity index (χ3n) is 4.59. The van der Waals surface area contributed by atoms with Gasteiger partial charge in [0.15, 0.2) is 0 Å². The third-order valence-corrected chi connectivity index (χ3v) is 4.59. The van der Waals surface area contributed by atoms with Gasteiger partial charge in [0.1, 0.15) is 0 Å². The number of pyridine rings is 1. The summed E-state index contributed by atoms with van der Waals surface area (Å²) in [5.74, 6) is 0. The zero-order chi connectivity index (χ0) is 15.4. The highest BCUT2D eigenvalue weighted by atomic mass is 16.3. The van der Waals surface area contributed by atoms with Crippen molar-refractivity contribution in [3.05, 3.63) is 54.4 Å². The van der Waals surface area contributed by atoms with Gasteiger partial charge in [0, 0.05) is 37.5 Å². The van der Waals surface area contributed by atoms with Gasteiger partial charge in [0.2, 0.25) is 0 Å². The maximum absolute atomic E-state index is 9.59. The second-order valence-corrected chi connectivity index (χ2v) is 6.72. The van der Waals surface area contributed by atoms with Crippen molar-refractivity contribution >= 4 is 0 Å². The quantitative estimate of drug-likeness (QED) is 0.940. The Bertz CT molecular complexity index is 614. The highest BCUT2D eigenvalue weighted by Gasteiger charge is 2.30. The number of nitrogens with zero attached hydrogens (tertiary/aromatic N) is 2. The van der Waals surface area contributed by atoms with Crippen molar-refractivity contribution in [2.75, 3.05) is 19.7 Å². The molecule has 1 aromatic heterocycles. The second kappa shape index (κ2) is 6.59. The Kier molecular flexibility index (Phi) is 4.55. The van der Waals surface area contributed by atoms with Crippen molar-refractivity contribution in [3.8, 4) is 11.1 Å². The van der Waals surface area contributed by atoms with Crippen LogP contribution in [0.2, 0.25) is 0 Å². The van der Waals surface area contributed by atoms with E-state index in [2.05, 4.69) is 41.1 Å². The summed E-state index contributed by atoms with van der Waals surface area (Å²) < 4.78 is 0. The molecule has 0 radical (unpaired) electrons. The zero-order valence-corrected chi connectivity index (χ0v) is 13.2. The topological polar surface area (TPSA) is 36.4 Å². The molecule has 0 saturated carbocycles. The van der Waals surface area contributed by atoms with Gasteiger partial charge in [0.25, 0.3) is 0 Å². The number of hydrogen-bond donors (Lipinski definition) is 1. The third kappa shape index (κ3) is 3.54. The molecular formula is C19H24N2O. The minimum Gasteiger partial charge on any atom is -0.396 e. The molecule has 2 aromatic rings. The second-order valence-electron chi connectivity index (χ2n) is 6.72. The predicted octanol–water partition coefficient (Wildman–Crippen LogP) is 3.34. The predicted molar refractivity (Wildman–Crippen MR) is 89.4 cm³/mol. The Labute approximate surface area is 132 Å². The molecule has 1 unspecified atom stereocenters. The van der Waals surface area contributed by atoms with Gasteiger partial charge < -0.3 is 5.11 Å². The van der Waals surface area contributed by atoms with E-state index in [1.54, 1.807) is 0 Å². The van der Waals surface area contributed by atoms with E-state index < -0.39 is 0 Å². The van der Waals surface area contributed by atoms with Crippen LogP contribution in [0.1, 0.15) is 25.3 Å². The molecule has 1 atom stereocenters. The molecule has 1 aromatic carbocycles. The summed E-state index contributed by atoms with van der Waals surface area (Å²) in [6.07, 6.45) is 5.96. The van der Waals surface area contributed by atoms with Crippen molar-refractivity contribution in [1.29, 1.82) is 0 Å². The number of likely N-dealkylation sites (tertiary alicyclic amines) is 1. The maximum atomic E-state index is 9.59. The molecule has 3 heteroatoms. The summed E-state index contributed by atoms with van der Waals surface area (Å²) in [4.78, 5) is 6.54. The number of rotatable bonds is 4. The molecule has 0 aliphatic carbocycles. The van der Waals surface area contributed by atoms with Gasteiger partial charge in [-0.05, 0) is 54.3 Å². The molecule has 1 N–H and O–H groups in total. The Morgan fingerprint density at radius 2 is 2.00 bits per heavy atom. The van der Waals surface area contributed by atoms with Gasteiger partial charge >= 0.3 is 0 Å². The van der Waals surface area contributed by atoms with Gasteiger partial charge in [-0.15, -0.1) is 0 Å². The lowest BCUT2D eigenvalue weighted by atomic mass is 9.82. The molecule has 1 fully saturated rings. The summed E-state index contributed by atoms with van der Waals surface area (Å²) >= 11 is 0. The number of hydrogen-bond acceptors (Lipinski definition) is 3. The highest BCUT2D eigenvalue weighted by molar-refractivity contribution is 5.63. The summed E-state index contributed by atoms with van der Waals surface area (Å²) in [5, 5.41) is 9.59. The minimum atomic E-state index is 0.0565. The average molecular weight is 296 g/mol. The summed E-state index contributed by atoms with van der Waals surface area (Å²) in [6, 6.07) is 12.8. The molecule has 3 nitrogen and oxygen atoms in total. The van der Waals surface area contributed by atoms with E-state index in [0.29, 0.717) is 0 Å². The van der Waals surface area contributed by atoms with E-state index in [4.69, 9.17) is 0 Å². The smallest absolute Gasteiger partial charge is 0.0497 e. The van der Waals surface area contributed by atoms with Gasteiger partial charge in [-0.25, -0.2) is 0 Å². The van der Waals surface area contributed by atoms with Gasteiger partial charge in [-0.1, -0.05) is 25.1 Å². The first-order chi connectivity index (χ1) is 10.7. The fourth-order valence-corrected chi connectivity index (χ4v) is 3.34. The summed E-state index contributed by atoms with van der Waals surface area (Å²) in [7, 11) is 0. The summed E-state index contributed by atoms with van der Waals surface area (Å²) in [6.45, 7) is 5.51. The van der Waals surface area contributed by atoms with Crippen LogP contribution >= 0.6 is 0 Å². The molecule has 22 heavy (non-hydrogen) atoms. The minimum absolute atomic E-state index is 0.0565. The number of aliphatic hydroxyl groups excluding tert-OH is 1. The van der Waals surface area contributed by atoms with Crippen LogP contribution in [0, 0.1) is 5.41 Å². The van der Waals surface area contributed by atoms with Crippen molar-refractivity contribution in [3.63, 3.8) is 0 Å². The first-order valence-electron chi connectivity index (χ1n) is 8.01. The molecule has 1 aliphatic heterocycles. The van der Waals surface area contributed by atoms with Crippen LogP contribution in [-0.2, 0) is 6.54 Å². The lowest BCUT2D eigenvalue weighted by molar-refractivity contribution is 0.0429. The van der Waals surface area contributed by atoms with Gasteiger partial charge in [-0.3, -0.25) is 9.88 Å². The number of aliphatic hydroxyl groups is 1. The maximum Gasteiger partial charge on any atom is 0.0497 e. The summed E-state index contributed by atoms with van der Waals surface area (Å²) in [5.41, 5.74) is 3.83. The van der Waals surface area contributed by atoms with E-state index in [1.807, 2.05) is 24.5 Å². The molecule has 0 amide bonds. The van der Waals surface area contributed by atoms with E-state index in [-0.39, 0.29) is 12.0 Å². The number of benzene rings is 1. The van der Waals surface area contributed by atoms with Crippen LogP contribution < -0.4 is 0 Å². The molecule has 0 bridgehead atoms. The fraction of sp³-hybridized carbons (Fsp3) is 0.421. The molecular weight excluding hydrogens is 272 g/mol. The monoisotopic (exact) mass is 296 g/mol. The Hall–Kier alpha value is -1.71. The molecule has 116 valence electrons. The normalized spacial score (nSPS) is 22.6. The van der Waals surface area contributed by atoms with Crippen molar-refractivity contribution in [1.82, 2.24) is 9.88 Å². The largest absolute Gasteiger partial charge is 0.396 e. The van der Waals surface area contributed by atoms with E-state index in [9.17, 15) is 5.11 Å². The van der Waals surface area contributed by atoms with Crippen LogP contribution in [-0.4, -0.2) is 34.7 Å². The fourth-order valence-electron chi connectivity index (χ4n) is 3.34. The van der Waals surface area contributed by atoms with Crippen LogP contribution in [0.3, 0.4) is 0 Å². The Morgan fingerprint density at radius 3 is 2.77 bits per heavy atom. The van der Waals surface area contributed by atoms with Crippen LogP contribution in [0.5, 0.6) is 0 Å². The van der Waals surface area contributed by atoms with E-state index in [1.165, 1.54) is 23.1 Å². The number of piperidine rings is 1. The SMILES string of the molecule is CC1(CO)CCCN(Cc2cccc(-c3ccncc3)c2)C1. The van der Waals surface area contributed by atoms with E-state index in [0.717, 1.165) is 26.1 Å². The molecule has 3 rings (SSSR count). The molecule has 2 heterocycles. The lowest BCUT2D eigenvalue weighted by Crippen LogP contribution is -2.43. The van der Waals surface area contributed by atoms with Crippen molar-refractivity contribution < 1.29 is 5.11 Å². The first-order valence-corrected chi connectivity index (χ1v) is 8.01. The Balaban J connectivity index is 1.73. The first kappa shape index (κ1) is 15.2. The van der Waals surface area contributed by atoms with Crippen LogP contribution in [0.25, 0.3) is 11.1 Å². The van der Waals surface area contributed by atoms with Crippen LogP contribution in [0.4, 0.5) is 0 Å². The molecule has 1 saturated heterocycles. The molecule has 0 spiro atoms. The van der Waals surface area contributed by atoms with E-state index >= 15 is 0 Å². The van der Waals surface area contributed by atoms with Crippen molar-refractivity contribution in [2.24, 2.45) is 5.41 Å². The average Bonchev–Trinajstić information content (AvgIpc) is 2.56. The lowest BCUT2D eigenvalue weighted by Gasteiger charge is -2.39. The number of aromatic nitrogens is 1.